The second-order valence-corrected chi connectivity index (χ2v) is 8.06. The molecule has 2 nitrogen and oxygen atoms in total. The third-order valence-corrected chi connectivity index (χ3v) is 5.52. The van der Waals surface area contributed by atoms with Crippen molar-refractivity contribution in [3.8, 4) is 11.1 Å². The van der Waals surface area contributed by atoms with Crippen LogP contribution in [-0.4, -0.2) is 13.2 Å². The van der Waals surface area contributed by atoms with E-state index in [4.69, 9.17) is 9.47 Å². The molecule has 25 heavy (non-hydrogen) atoms. The third-order valence-electron chi connectivity index (χ3n) is 5.52. The van der Waals surface area contributed by atoms with E-state index in [1.54, 1.807) is 0 Å². The Labute approximate surface area is 148 Å². The van der Waals surface area contributed by atoms with Gasteiger partial charge in [-0.2, -0.15) is 0 Å². The minimum Gasteiger partial charge on any atom is -0.342 e. The Morgan fingerprint density at radius 2 is 1.48 bits per heavy atom. The fourth-order valence-electron chi connectivity index (χ4n) is 4.19. The lowest BCUT2D eigenvalue weighted by Gasteiger charge is -2.46. The standard InChI is InChI=1S/C23H22O2/c1-15-11-12-20-21-16(15)8-6-9-18(21)17-7-4-5-10-19(17)23(20)24-13-22(2,3)14-25-23/h4-12H,13-14H2,1-3H3. The van der Waals surface area contributed by atoms with Crippen LogP contribution >= 0.6 is 0 Å². The molecular formula is C23H22O2. The van der Waals surface area contributed by atoms with Crippen molar-refractivity contribution in [2.75, 3.05) is 13.2 Å². The van der Waals surface area contributed by atoms with Crippen LogP contribution in [-0.2, 0) is 15.3 Å². The molecule has 0 bridgehead atoms. The Morgan fingerprint density at radius 3 is 2.28 bits per heavy atom. The zero-order chi connectivity index (χ0) is 17.2. The van der Waals surface area contributed by atoms with Crippen LogP contribution in [0.5, 0.6) is 0 Å². The summed E-state index contributed by atoms with van der Waals surface area (Å²) in [5.74, 6) is -0.799. The molecular weight excluding hydrogens is 308 g/mol. The molecule has 0 unspecified atom stereocenters. The van der Waals surface area contributed by atoms with Crippen LogP contribution in [0.4, 0.5) is 0 Å². The van der Waals surface area contributed by atoms with E-state index in [0.717, 1.165) is 11.1 Å². The molecule has 3 aromatic carbocycles. The van der Waals surface area contributed by atoms with Gasteiger partial charge in [0.05, 0.1) is 13.2 Å². The van der Waals surface area contributed by atoms with Gasteiger partial charge in [0.1, 0.15) is 0 Å². The molecule has 1 heterocycles. The molecule has 1 fully saturated rings. The highest BCUT2D eigenvalue weighted by atomic mass is 16.7. The van der Waals surface area contributed by atoms with E-state index in [0.29, 0.717) is 13.2 Å². The SMILES string of the molecule is Cc1ccc2c3c(cccc13)-c1ccccc1C21OCC(C)(C)CO1. The van der Waals surface area contributed by atoms with Gasteiger partial charge < -0.3 is 9.47 Å². The number of hydrogen-bond donors (Lipinski definition) is 0. The molecule has 0 saturated carbocycles. The van der Waals surface area contributed by atoms with Gasteiger partial charge in [-0.15, -0.1) is 0 Å². The quantitative estimate of drug-likeness (QED) is 0.549. The lowest BCUT2D eigenvalue weighted by molar-refractivity contribution is -0.283. The van der Waals surface area contributed by atoms with E-state index in [1.807, 2.05) is 0 Å². The maximum atomic E-state index is 6.51. The summed E-state index contributed by atoms with van der Waals surface area (Å²) in [4.78, 5) is 0. The number of aryl methyl sites for hydroxylation is 1. The van der Waals surface area contributed by atoms with Crippen LogP contribution in [0.25, 0.3) is 21.9 Å². The molecule has 1 spiro atoms. The highest BCUT2D eigenvalue weighted by molar-refractivity contribution is 6.04. The average molecular weight is 330 g/mol. The summed E-state index contributed by atoms with van der Waals surface area (Å²) in [6.07, 6.45) is 0. The van der Waals surface area contributed by atoms with Gasteiger partial charge in [0.25, 0.3) is 0 Å². The summed E-state index contributed by atoms with van der Waals surface area (Å²) < 4.78 is 13.0. The van der Waals surface area contributed by atoms with Crippen molar-refractivity contribution in [3.05, 3.63) is 71.3 Å². The van der Waals surface area contributed by atoms with Gasteiger partial charge in [-0.3, -0.25) is 0 Å². The second-order valence-electron chi connectivity index (χ2n) is 8.06. The normalized spacial score (nSPS) is 19.8. The molecule has 1 aliphatic heterocycles. The largest absolute Gasteiger partial charge is 0.342 e. The zero-order valence-corrected chi connectivity index (χ0v) is 14.9. The van der Waals surface area contributed by atoms with Gasteiger partial charge in [-0.1, -0.05) is 68.4 Å². The fourth-order valence-corrected chi connectivity index (χ4v) is 4.19. The van der Waals surface area contributed by atoms with Crippen LogP contribution in [0, 0.1) is 12.3 Å². The number of benzene rings is 3. The van der Waals surface area contributed by atoms with Crippen LogP contribution in [0.3, 0.4) is 0 Å². The summed E-state index contributed by atoms with van der Waals surface area (Å²) in [7, 11) is 0. The topological polar surface area (TPSA) is 18.5 Å². The minimum absolute atomic E-state index is 0.0287. The molecule has 5 rings (SSSR count). The first-order chi connectivity index (χ1) is 12.0. The van der Waals surface area contributed by atoms with Crippen molar-refractivity contribution in [1.29, 1.82) is 0 Å². The van der Waals surface area contributed by atoms with Crippen molar-refractivity contribution in [3.63, 3.8) is 0 Å². The zero-order valence-electron chi connectivity index (χ0n) is 14.9. The monoisotopic (exact) mass is 330 g/mol. The molecule has 0 aromatic heterocycles. The van der Waals surface area contributed by atoms with Crippen LogP contribution in [0.1, 0.15) is 30.5 Å². The fraction of sp³-hybridized carbons (Fsp3) is 0.304. The first-order valence-electron chi connectivity index (χ1n) is 8.92. The molecule has 0 amide bonds. The molecule has 2 aliphatic rings. The Morgan fingerprint density at radius 1 is 0.760 bits per heavy atom. The van der Waals surface area contributed by atoms with Gasteiger partial charge >= 0.3 is 0 Å². The van der Waals surface area contributed by atoms with E-state index >= 15 is 0 Å². The summed E-state index contributed by atoms with van der Waals surface area (Å²) in [6.45, 7) is 7.90. The van der Waals surface area contributed by atoms with E-state index in [9.17, 15) is 0 Å². The summed E-state index contributed by atoms with van der Waals surface area (Å²) >= 11 is 0. The smallest absolute Gasteiger partial charge is 0.223 e. The van der Waals surface area contributed by atoms with Crippen molar-refractivity contribution < 1.29 is 9.47 Å². The summed E-state index contributed by atoms with van der Waals surface area (Å²) in [5, 5.41) is 2.54. The van der Waals surface area contributed by atoms with E-state index in [-0.39, 0.29) is 5.41 Å². The highest BCUT2D eigenvalue weighted by Crippen LogP contribution is 2.52. The summed E-state index contributed by atoms with van der Waals surface area (Å²) in [6, 6.07) is 19.4. The first-order valence-corrected chi connectivity index (χ1v) is 8.92. The predicted octanol–water partition coefficient (Wildman–Crippen LogP) is 5.40. The van der Waals surface area contributed by atoms with Crippen molar-refractivity contribution in [2.24, 2.45) is 5.41 Å². The van der Waals surface area contributed by atoms with Gasteiger partial charge in [-0.25, -0.2) is 0 Å². The van der Waals surface area contributed by atoms with Gasteiger partial charge in [0, 0.05) is 16.5 Å². The van der Waals surface area contributed by atoms with E-state index in [1.165, 1.54) is 27.5 Å². The lowest BCUT2D eigenvalue weighted by atomic mass is 9.78. The first kappa shape index (κ1) is 15.1. The molecule has 0 radical (unpaired) electrons. The number of hydrogen-bond acceptors (Lipinski definition) is 2. The van der Waals surface area contributed by atoms with E-state index in [2.05, 4.69) is 75.4 Å². The second kappa shape index (κ2) is 4.94. The Kier molecular flexibility index (Phi) is 2.99. The van der Waals surface area contributed by atoms with Crippen molar-refractivity contribution in [1.82, 2.24) is 0 Å². The average Bonchev–Trinajstić information content (AvgIpc) is 2.63. The van der Waals surface area contributed by atoms with Gasteiger partial charge in [0.15, 0.2) is 0 Å². The molecule has 0 N–H and O–H groups in total. The van der Waals surface area contributed by atoms with Crippen LogP contribution in [0.15, 0.2) is 54.6 Å². The highest BCUT2D eigenvalue weighted by Gasteiger charge is 2.48. The lowest BCUT2D eigenvalue weighted by Crippen LogP contribution is -2.47. The maximum Gasteiger partial charge on any atom is 0.223 e. The molecule has 2 heteroatoms. The molecule has 1 saturated heterocycles. The van der Waals surface area contributed by atoms with Crippen molar-refractivity contribution in [2.45, 2.75) is 26.6 Å². The minimum atomic E-state index is -0.799. The number of rotatable bonds is 0. The molecule has 1 aliphatic carbocycles. The van der Waals surface area contributed by atoms with Crippen molar-refractivity contribution >= 4 is 10.8 Å². The predicted molar refractivity (Wildman–Crippen MR) is 101 cm³/mol. The summed E-state index contributed by atoms with van der Waals surface area (Å²) in [5.41, 5.74) is 6.06. The molecule has 0 atom stereocenters. The number of fused-ring (bicyclic) bond motifs is 4. The third kappa shape index (κ3) is 1.98. The Balaban J connectivity index is 1.89. The van der Waals surface area contributed by atoms with E-state index < -0.39 is 5.79 Å². The Bertz CT molecular complexity index is 990. The molecule has 126 valence electrons. The van der Waals surface area contributed by atoms with Gasteiger partial charge in [0.2, 0.25) is 5.79 Å². The Hall–Kier alpha value is -2.16. The van der Waals surface area contributed by atoms with Gasteiger partial charge in [-0.05, 0) is 34.4 Å². The molecule has 3 aromatic rings. The number of ether oxygens (including phenoxy) is 2. The van der Waals surface area contributed by atoms with Crippen LogP contribution < -0.4 is 0 Å². The maximum absolute atomic E-state index is 6.51. The van der Waals surface area contributed by atoms with Crippen LogP contribution in [0.2, 0.25) is 0 Å².